The maximum absolute atomic E-state index is 12.8. The number of nitrogens with zero attached hydrogens (tertiary/aromatic N) is 3. The highest BCUT2D eigenvalue weighted by Gasteiger charge is 2.23. The van der Waals surface area contributed by atoms with Crippen molar-refractivity contribution in [1.29, 1.82) is 0 Å². The molecule has 0 unspecified atom stereocenters. The molecule has 0 fully saturated rings. The molecule has 1 amide bonds. The molecule has 0 aliphatic carbocycles. The van der Waals surface area contributed by atoms with Crippen molar-refractivity contribution in [2.45, 2.75) is 53.2 Å². The van der Waals surface area contributed by atoms with Crippen LogP contribution in [0.3, 0.4) is 0 Å². The Balaban J connectivity index is 1.66. The second-order valence-corrected chi connectivity index (χ2v) is 8.03. The number of hydrogen-bond donors (Lipinski definition) is 0. The molecule has 30 heavy (non-hydrogen) atoms. The van der Waals surface area contributed by atoms with Crippen molar-refractivity contribution in [2.24, 2.45) is 0 Å². The maximum Gasteiger partial charge on any atom is 0.263 e. The van der Waals surface area contributed by atoms with Crippen LogP contribution in [0.4, 0.5) is 0 Å². The average molecular weight is 408 g/mol. The number of benzene rings is 2. The summed E-state index contributed by atoms with van der Waals surface area (Å²) >= 11 is 0. The van der Waals surface area contributed by atoms with Crippen LogP contribution in [-0.2, 0) is 11.3 Å². The molecule has 0 bridgehead atoms. The molecule has 2 aromatic carbocycles. The number of aryl methyl sites for hydroxylation is 2. The number of ether oxygens (including phenoxy) is 1. The van der Waals surface area contributed by atoms with Crippen LogP contribution in [0.15, 0.2) is 47.0 Å². The Hall–Kier alpha value is -3.15. The Morgan fingerprint density at radius 2 is 1.73 bits per heavy atom. The zero-order chi connectivity index (χ0) is 21.8. The SMILES string of the molecule is Cc1ccc(-c2noc(CN(C)C(=O)[C@@H](C)Oc3cc(C)ccc3C(C)C)n2)cc1. The third kappa shape index (κ3) is 5.06. The van der Waals surface area contributed by atoms with E-state index in [1.54, 1.807) is 18.9 Å². The van der Waals surface area contributed by atoms with Gasteiger partial charge in [0.25, 0.3) is 5.91 Å². The molecule has 6 heteroatoms. The Labute approximate surface area is 177 Å². The molecule has 0 saturated heterocycles. The molecule has 0 aliphatic heterocycles. The predicted molar refractivity (Wildman–Crippen MR) is 116 cm³/mol. The highest BCUT2D eigenvalue weighted by molar-refractivity contribution is 5.80. The number of hydrogen-bond acceptors (Lipinski definition) is 5. The van der Waals surface area contributed by atoms with E-state index in [9.17, 15) is 4.79 Å². The largest absolute Gasteiger partial charge is 0.481 e. The Bertz CT molecular complexity index is 1010. The number of rotatable bonds is 7. The second kappa shape index (κ2) is 9.11. The van der Waals surface area contributed by atoms with Crippen molar-refractivity contribution in [3.63, 3.8) is 0 Å². The third-order valence-corrected chi connectivity index (χ3v) is 4.97. The average Bonchev–Trinajstić information content (AvgIpc) is 3.16. The van der Waals surface area contributed by atoms with Crippen LogP contribution in [0.2, 0.25) is 0 Å². The van der Waals surface area contributed by atoms with Gasteiger partial charge in [-0.2, -0.15) is 4.98 Å². The lowest BCUT2D eigenvalue weighted by Gasteiger charge is -2.23. The van der Waals surface area contributed by atoms with E-state index < -0.39 is 6.10 Å². The van der Waals surface area contributed by atoms with Gasteiger partial charge in [-0.25, -0.2) is 0 Å². The summed E-state index contributed by atoms with van der Waals surface area (Å²) in [6, 6.07) is 14.0. The second-order valence-electron chi connectivity index (χ2n) is 8.03. The number of amides is 1. The highest BCUT2D eigenvalue weighted by atomic mass is 16.5. The van der Waals surface area contributed by atoms with Crippen molar-refractivity contribution in [3.8, 4) is 17.1 Å². The van der Waals surface area contributed by atoms with E-state index in [0.717, 1.165) is 28.0 Å². The molecule has 0 saturated carbocycles. The predicted octanol–water partition coefficient (Wildman–Crippen LogP) is 4.90. The summed E-state index contributed by atoms with van der Waals surface area (Å²) in [5, 5.41) is 4.03. The summed E-state index contributed by atoms with van der Waals surface area (Å²) in [5.41, 5.74) is 4.22. The molecule has 0 aliphatic rings. The first-order valence-electron chi connectivity index (χ1n) is 10.2. The van der Waals surface area contributed by atoms with Gasteiger partial charge >= 0.3 is 0 Å². The van der Waals surface area contributed by atoms with Gasteiger partial charge in [-0.05, 0) is 43.9 Å². The first-order chi connectivity index (χ1) is 14.2. The zero-order valence-corrected chi connectivity index (χ0v) is 18.5. The van der Waals surface area contributed by atoms with E-state index in [4.69, 9.17) is 9.26 Å². The minimum absolute atomic E-state index is 0.152. The van der Waals surface area contributed by atoms with Crippen LogP contribution in [0.5, 0.6) is 5.75 Å². The summed E-state index contributed by atoms with van der Waals surface area (Å²) in [6.07, 6.45) is -0.631. The lowest BCUT2D eigenvalue weighted by atomic mass is 10.0. The molecule has 0 spiro atoms. The van der Waals surface area contributed by atoms with Gasteiger partial charge in [0.2, 0.25) is 11.7 Å². The smallest absolute Gasteiger partial charge is 0.263 e. The van der Waals surface area contributed by atoms with Crippen LogP contribution in [0.1, 0.15) is 49.3 Å². The van der Waals surface area contributed by atoms with Crippen molar-refractivity contribution >= 4 is 5.91 Å². The van der Waals surface area contributed by atoms with E-state index in [1.165, 1.54) is 0 Å². The van der Waals surface area contributed by atoms with Gasteiger partial charge in [-0.1, -0.05) is 61.0 Å². The Kier molecular flexibility index (Phi) is 6.55. The van der Waals surface area contributed by atoms with Gasteiger partial charge in [0.05, 0.1) is 6.54 Å². The first-order valence-corrected chi connectivity index (χ1v) is 10.2. The van der Waals surface area contributed by atoms with Gasteiger partial charge in [-0.3, -0.25) is 4.79 Å². The number of carbonyl (C=O) groups is 1. The monoisotopic (exact) mass is 407 g/mol. The molecule has 0 radical (unpaired) electrons. The molecule has 0 N–H and O–H groups in total. The van der Waals surface area contributed by atoms with Crippen LogP contribution in [0, 0.1) is 13.8 Å². The maximum atomic E-state index is 12.8. The van der Waals surface area contributed by atoms with Gasteiger partial charge in [0.15, 0.2) is 6.10 Å². The number of aromatic nitrogens is 2. The topological polar surface area (TPSA) is 68.5 Å². The highest BCUT2D eigenvalue weighted by Crippen LogP contribution is 2.28. The number of likely N-dealkylation sites (N-methyl/N-ethyl adjacent to an activating group) is 1. The summed E-state index contributed by atoms with van der Waals surface area (Å²) < 4.78 is 11.4. The number of carbonyl (C=O) groups excluding carboxylic acids is 1. The lowest BCUT2D eigenvalue weighted by Crippen LogP contribution is -2.37. The van der Waals surface area contributed by atoms with Gasteiger partial charge < -0.3 is 14.2 Å². The quantitative estimate of drug-likeness (QED) is 0.557. The summed E-state index contributed by atoms with van der Waals surface area (Å²) in [5.74, 6) is 1.79. The van der Waals surface area contributed by atoms with E-state index >= 15 is 0 Å². The van der Waals surface area contributed by atoms with E-state index in [1.807, 2.05) is 44.2 Å². The summed E-state index contributed by atoms with van der Waals surface area (Å²) in [6.45, 7) is 10.2. The van der Waals surface area contributed by atoms with Gasteiger partial charge in [0, 0.05) is 12.6 Å². The minimum Gasteiger partial charge on any atom is -0.481 e. The molecule has 3 rings (SSSR count). The fraction of sp³-hybridized carbons (Fsp3) is 0.375. The van der Waals surface area contributed by atoms with E-state index in [2.05, 4.69) is 36.1 Å². The van der Waals surface area contributed by atoms with Crippen molar-refractivity contribution in [2.75, 3.05) is 7.05 Å². The molecular weight excluding hydrogens is 378 g/mol. The van der Waals surface area contributed by atoms with Gasteiger partial charge in [0.1, 0.15) is 5.75 Å². The first kappa shape index (κ1) is 21.6. The van der Waals surface area contributed by atoms with Crippen molar-refractivity contribution in [1.82, 2.24) is 15.0 Å². The fourth-order valence-corrected chi connectivity index (χ4v) is 3.19. The molecule has 1 heterocycles. The van der Waals surface area contributed by atoms with Crippen molar-refractivity contribution < 1.29 is 14.1 Å². The summed E-state index contributed by atoms with van der Waals surface area (Å²) in [7, 11) is 1.71. The fourth-order valence-electron chi connectivity index (χ4n) is 3.19. The molecule has 3 aromatic rings. The van der Waals surface area contributed by atoms with Gasteiger partial charge in [-0.15, -0.1) is 0 Å². The van der Waals surface area contributed by atoms with Crippen molar-refractivity contribution in [3.05, 3.63) is 65.0 Å². The standard InChI is InChI=1S/C24H29N3O3/c1-15(2)20-12-9-17(4)13-21(20)29-18(5)24(28)27(6)14-22-25-23(26-30-22)19-10-7-16(3)8-11-19/h7-13,15,18H,14H2,1-6H3/t18-/m1/s1. The Morgan fingerprint density at radius 1 is 1.07 bits per heavy atom. The molecule has 6 nitrogen and oxygen atoms in total. The third-order valence-electron chi connectivity index (χ3n) is 4.97. The summed E-state index contributed by atoms with van der Waals surface area (Å²) in [4.78, 5) is 18.8. The van der Waals surface area contributed by atoms with E-state index in [0.29, 0.717) is 17.6 Å². The molecular formula is C24H29N3O3. The van der Waals surface area contributed by atoms with Crippen LogP contribution in [0.25, 0.3) is 11.4 Å². The van der Waals surface area contributed by atoms with E-state index in [-0.39, 0.29) is 12.5 Å². The molecule has 1 aromatic heterocycles. The van der Waals surface area contributed by atoms with Crippen LogP contribution in [-0.4, -0.2) is 34.1 Å². The van der Waals surface area contributed by atoms with Crippen LogP contribution < -0.4 is 4.74 Å². The molecule has 1 atom stereocenters. The zero-order valence-electron chi connectivity index (χ0n) is 18.5. The minimum atomic E-state index is -0.631. The molecule has 158 valence electrons. The van der Waals surface area contributed by atoms with Crippen LogP contribution >= 0.6 is 0 Å². The lowest BCUT2D eigenvalue weighted by molar-refractivity contribution is -0.137. The Morgan fingerprint density at radius 3 is 2.40 bits per heavy atom. The normalized spacial score (nSPS) is 12.1.